The summed E-state index contributed by atoms with van der Waals surface area (Å²) >= 11 is 15.4. The Morgan fingerprint density at radius 1 is 0.800 bits per heavy atom. The number of methoxy groups -OCH3 is 1. The van der Waals surface area contributed by atoms with Crippen molar-refractivity contribution >= 4 is 75.0 Å². The van der Waals surface area contributed by atoms with E-state index in [4.69, 9.17) is 12.2 Å². The average Bonchev–Trinajstić information content (AvgIpc) is 2.77. The number of amides is 4. The summed E-state index contributed by atoms with van der Waals surface area (Å²) in [6, 6.07) is -0.227. The molecule has 0 saturated heterocycles. The molecule has 14 heteroatoms. The molecule has 0 unspecified atom stereocenters. The molecule has 0 saturated carbocycles. The van der Waals surface area contributed by atoms with Crippen LogP contribution in [0, 0.1) is 0 Å². The van der Waals surface area contributed by atoms with Crippen LogP contribution in [0.15, 0.2) is 0 Å². The summed E-state index contributed by atoms with van der Waals surface area (Å²) in [5, 5.41) is 15.8. The Bertz CT molecular complexity index is 412. The predicted molar refractivity (Wildman–Crippen MR) is 143 cm³/mol. The smallest absolute Gasteiger partial charge is 0.316 e. The molecular weight excluding hydrogens is 466 g/mol. The van der Waals surface area contributed by atoms with Crippen molar-refractivity contribution in [2.24, 2.45) is 0 Å². The van der Waals surface area contributed by atoms with Crippen LogP contribution in [-0.4, -0.2) is 101 Å². The average molecular weight is 506 g/mol. The zero-order valence-electron chi connectivity index (χ0n) is 19.8. The Morgan fingerprint density at radius 2 is 1.20 bits per heavy atom. The molecule has 0 aromatic carbocycles. The molecule has 30 heavy (non-hydrogen) atoms. The summed E-state index contributed by atoms with van der Waals surface area (Å²) in [5.41, 5.74) is 0. The van der Waals surface area contributed by atoms with Crippen molar-refractivity contribution in [3.05, 3.63) is 0 Å². The molecule has 0 fully saturated rings. The number of nitrogens with one attached hydrogen (secondary N) is 6. The third-order valence-electron chi connectivity index (χ3n) is 2.21. The van der Waals surface area contributed by atoms with Crippen LogP contribution < -0.4 is 31.9 Å². The highest BCUT2D eigenvalue weighted by Gasteiger charge is 1.94. The van der Waals surface area contributed by atoms with Gasteiger partial charge in [-0.25, -0.2) is 9.59 Å². The fourth-order valence-corrected chi connectivity index (χ4v) is 0.757. The van der Waals surface area contributed by atoms with E-state index in [1.165, 1.54) is 12.0 Å². The number of thioether (sulfide) groups is 1. The molecule has 0 atom stereocenters. The van der Waals surface area contributed by atoms with Crippen molar-refractivity contribution in [2.45, 2.75) is 6.92 Å². The summed E-state index contributed by atoms with van der Waals surface area (Å²) in [6.45, 7) is 1.84. The first kappa shape index (κ1) is 38.9. The van der Waals surface area contributed by atoms with E-state index in [1.54, 1.807) is 54.0 Å². The highest BCUT2D eigenvalue weighted by atomic mass is 32.2. The third-order valence-corrected chi connectivity index (χ3v) is 4.06. The first-order valence-corrected chi connectivity index (χ1v) is 10.8. The van der Waals surface area contributed by atoms with E-state index in [0.717, 1.165) is 9.31 Å². The van der Waals surface area contributed by atoms with Gasteiger partial charge in [0, 0.05) is 56.4 Å². The quantitative estimate of drug-likeness (QED) is 0.266. The molecule has 0 aromatic rings. The molecular formula is C16H39N7O3S4. The van der Waals surface area contributed by atoms with E-state index in [-0.39, 0.29) is 12.1 Å². The summed E-state index contributed by atoms with van der Waals surface area (Å²) in [4.78, 5) is 22.6. The lowest BCUT2D eigenvalue weighted by molar-refractivity contribution is 0.219. The van der Waals surface area contributed by atoms with Crippen LogP contribution in [-0.2, 0) is 4.74 Å². The molecule has 0 aliphatic rings. The zero-order valence-corrected chi connectivity index (χ0v) is 23.1. The van der Waals surface area contributed by atoms with Crippen LogP contribution in [0.25, 0.3) is 0 Å². The lowest BCUT2D eigenvalue weighted by atomic mass is 10.8. The first-order chi connectivity index (χ1) is 13.9. The Morgan fingerprint density at radius 3 is 1.20 bits per heavy atom. The van der Waals surface area contributed by atoms with E-state index in [2.05, 4.69) is 61.1 Å². The second-order valence-electron chi connectivity index (χ2n) is 4.57. The Balaban J connectivity index is -0.0000000872. The second kappa shape index (κ2) is 32.0. The molecule has 0 spiro atoms. The number of urea groups is 2. The molecule has 180 valence electrons. The van der Waals surface area contributed by atoms with Gasteiger partial charge in [-0.05, 0) is 25.4 Å². The molecule has 0 radical (unpaired) electrons. The predicted octanol–water partition coefficient (Wildman–Crippen LogP) is 0.977. The number of carbonyl (C=O) groups excluding carboxylic acids is 2. The first-order valence-electron chi connectivity index (χ1n) is 8.36. The summed E-state index contributed by atoms with van der Waals surface area (Å²) in [6.07, 6.45) is 1.94. The van der Waals surface area contributed by atoms with Gasteiger partial charge in [-0.1, -0.05) is 24.4 Å². The van der Waals surface area contributed by atoms with Gasteiger partial charge in [0.25, 0.3) is 5.17 Å². The summed E-state index contributed by atoms with van der Waals surface area (Å²) in [5.74, 6) is 0. The van der Waals surface area contributed by atoms with Crippen LogP contribution in [0.3, 0.4) is 0 Å². The van der Waals surface area contributed by atoms with E-state index >= 15 is 0 Å². The van der Waals surface area contributed by atoms with Crippen molar-refractivity contribution < 1.29 is 14.3 Å². The van der Waals surface area contributed by atoms with Gasteiger partial charge in [0.2, 0.25) is 0 Å². The second-order valence-corrected chi connectivity index (χ2v) is 7.03. The number of hydrogen-bond acceptors (Lipinski definition) is 7. The highest BCUT2D eigenvalue weighted by Crippen LogP contribution is 1.90. The number of thiocarbonyl (C=S) groups is 3. The van der Waals surface area contributed by atoms with Gasteiger partial charge in [-0.2, -0.15) is 0 Å². The maximum absolute atomic E-state index is 10.3. The molecule has 0 bridgehead atoms. The Kier molecular flexibility index (Phi) is 41.5. The number of hydrogen-bond donors (Lipinski definition) is 6. The van der Waals surface area contributed by atoms with Crippen molar-refractivity contribution in [3.8, 4) is 0 Å². The third kappa shape index (κ3) is 50.3. The molecule has 10 nitrogen and oxygen atoms in total. The van der Waals surface area contributed by atoms with Crippen molar-refractivity contribution in [3.63, 3.8) is 0 Å². The molecule has 4 amide bonds. The Labute approximate surface area is 202 Å². The van der Waals surface area contributed by atoms with Gasteiger partial charge in [0.1, 0.15) is 4.32 Å². The van der Waals surface area contributed by atoms with Crippen molar-refractivity contribution in [2.75, 3.05) is 69.7 Å². The minimum absolute atomic E-state index is 0.0694. The van der Waals surface area contributed by atoms with Crippen LogP contribution in [0.1, 0.15) is 6.92 Å². The fourth-order valence-electron chi connectivity index (χ4n) is 0.553. The van der Waals surface area contributed by atoms with Crippen LogP contribution in [0.4, 0.5) is 9.59 Å². The molecule has 0 aromatic heterocycles. The monoisotopic (exact) mass is 505 g/mol. The maximum atomic E-state index is 10.3. The fraction of sp³-hybridized carbons (Fsp3) is 0.688. The van der Waals surface area contributed by atoms with Gasteiger partial charge >= 0.3 is 12.1 Å². The SMILES string of the molecule is CNC(=O)N(C)C.CNC(=O)NC.CNC(=S)OC.CNC(=S)SC.CNC(C)=S. The molecule has 6 N–H and O–H groups in total. The minimum Gasteiger partial charge on any atom is -0.474 e. The van der Waals surface area contributed by atoms with Gasteiger partial charge in [-0.3, -0.25) is 0 Å². The number of carbonyl (C=O) groups is 2. The van der Waals surface area contributed by atoms with E-state index in [1.807, 2.05) is 27.3 Å². The molecule has 0 aliphatic heterocycles. The summed E-state index contributed by atoms with van der Waals surface area (Å²) < 4.78 is 5.36. The highest BCUT2D eigenvalue weighted by molar-refractivity contribution is 8.22. The summed E-state index contributed by atoms with van der Waals surface area (Å²) in [7, 11) is 15.0. The normalized spacial score (nSPS) is 7.30. The lowest BCUT2D eigenvalue weighted by Crippen LogP contribution is -2.31. The minimum atomic E-state index is -0.157. The van der Waals surface area contributed by atoms with Gasteiger partial charge < -0.3 is 41.5 Å². The van der Waals surface area contributed by atoms with E-state index in [9.17, 15) is 9.59 Å². The van der Waals surface area contributed by atoms with E-state index < -0.39 is 0 Å². The topological polar surface area (TPSA) is 119 Å². The number of rotatable bonds is 0. The van der Waals surface area contributed by atoms with Crippen LogP contribution >= 0.6 is 48.4 Å². The Hall–Kier alpha value is -1.64. The van der Waals surface area contributed by atoms with Crippen LogP contribution in [0.2, 0.25) is 0 Å². The lowest BCUT2D eigenvalue weighted by Gasteiger charge is -2.06. The zero-order chi connectivity index (χ0) is 25.1. The number of ether oxygens (including phenoxy) is 1. The van der Waals surface area contributed by atoms with Gasteiger partial charge in [0.15, 0.2) is 0 Å². The molecule has 0 rings (SSSR count). The van der Waals surface area contributed by atoms with Gasteiger partial charge in [-0.15, -0.1) is 11.8 Å². The van der Waals surface area contributed by atoms with Crippen LogP contribution in [0.5, 0.6) is 0 Å². The standard InChI is InChI=1S/C4H10N2O.C3H8N2O.C3H7NOS.C3H7NS2.C3H7NS/c1-5-4(7)6(2)3;2*1-4-3(6)5-2;1-4-3(5)6-2;1-3(5)4-2/h1-3H3,(H,5,7);1-2H3,(H2,4,5,6);1-2H3,(H,4,6);1-2H3,(H,4,5);1-2H3,(H,4,5). The van der Waals surface area contributed by atoms with E-state index in [0.29, 0.717) is 5.17 Å². The van der Waals surface area contributed by atoms with Gasteiger partial charge in [0.05, 0.1) is 12.1 Å². The maximum Gasteiger partial charge on any atom is 0.316 e. The number of nitrogens with zero attached hydrogens (tertiary/aromatic N) is 1. The molecule has 0 heterocycles. The van der Waals surface area contributed by atoms with Crippen molar-refractivity contribution in [1.29, 1.82) is 0 Å². The molecule has 0 aliphatic carbocycles. The largest absolute Gasteiger partial charge is 0.474 e. The van der Waals surface area contributed by atoms with Crippen molar-refractivity contribution in [1.82, 2.24) is 36.8 Å².